The Bertz CT molecular complexity index is 218. The fraction of sp³-hybridized carbons (Fsp3) is 0. The molecule has 52 valence electrons. The molecule has 0 radical (unpaired) electrons. The Kier molecular flexibility index (Phi) is 1.84. The Hall–Kier alpha value is -1.58. The van der Waals surface area contributed by atoms with E-state index in [1.54, 1.807) is 6.08 Å². The van der Waals surface area contributed by atoms with Gasteiger partial charge in [0.15, 0.2) is 0 Å². The van der Waals surface area contributed by atoms with Crippen LogP contribution in [0, 0.1) is 0 Å². The summed E-state index contributed by atoms with van der Waals surface area (Å²) < 4.78 is 0. The molecule has 4 heteroatoms. The Morgan fingerprint density at radius 2 is 2.00 bits per heavy atom. The number of ketones is 1. The van der Waals surface area contributed by atoms with E-state index in [2.05, 4.69) is 10.9 Å². The van der Waals surface area contributed by atoms with Gasteiger partial charge in [0.1, 0.15) is 0 Å². The van der Waals surface area contributed by atoms with Crippen LogP contribution in [0.25, 0.3) is 0 Å². The SMILES string of the molecule is O=C1/C=C\C=C/NNC1=O. The summed E-state index contributed by atoms with van der Waals surface area (Å²) in [5.74, 6) is -1.21. The normalized spacial score (nSPS) is 23.6. The van der Waals surface area contributed by atoms with E-state index in [9.17, 15) is 9.59 Å². The average molecular weight is 138 g/mol. The molecule has 0 aromatic heterocycles. The number of hydrogen-bond acceptors (Lipinski definition) is 3. The van der Waals surface area contributed by atoms with Crippen molar-refractivity contribution in [2.45, 2.75) is 0 Å². The molecule has 0 aromatic carbocycles. The second kappa shape index (κ2) is 2.82. The first-order valence-electron chi connectivity index (χ1n) is 2.74. The van der Waals surface area contributed by atoms with Gasteiger partial charge in [-0.2, -0.15) is 0 Å². The molecule has 0 saturated heterocycles. The smallest absolute Gasteiger partial charge is 0.306 e. The van der Waals surface area contributed by atoms with Crippen LogP contribution in [-0.4, -0.2) is 11.7 Å². The number of hydrazine groups is 1. The maximum atomic E-state index is 10.6. The molecule has 0 aliphatic carbocycles. The lowest BCUT2D eigenvalue weighted by molar-refractivity contribution is -0.135. The Morgan fingerprint density at radius 3 is 2.80 bits per heavy atom. The van der Waals surface area contributed by atoms with Crippen LogP contribution in [0.3, 0.4) is 0 Å². The Labute approximate surface area is 57.6 Å². The van der Waals surface area contributed by atoms with Gasteiger partial charge in [0.2, 0.25) is 5.78 Å². The first kappa shape index (κ1) is 6.54. The van der Waals surface area contributed by atoms with Gasteiger partial charge in [-0.15, -0.1) is 0 Å². The van der Waals surface area contributed by atoms with Gasteiger partial charge >= 0.3 is 5.91 Å². The zero-order valence-corrected chi connectivity index (χ0v) is 5.13. The molecule has 0 aromatic rings. The number of carbonyl (C=O) groups is 2. The van der Waals surface area contributed by atoms with Crippen molar-refractivity contribution in [3.8, 4) is 0 Å². The van der Waals surface area contributed by atoms with Crippen LogP contribution in [-0.2, 0) is 9.59 Å². The highest BCUT2D eigenvalue weighted by atomic mass is 16.2. The van der Waals surface area contributed by atoms with Crippen LogP contribution in [0.1, 0.15) is 0 Å². The third kappa shape index (κ3) is 1.45. The van der Waals surface area contributed by atoms with E-state index in [1.807, 2.05) is 0 Å². The Balaban J connectivity index is 2.73. The molecule has 0 atom stereocenters. The van der Waals surface area contributed by atoms with E-state index >= 15 is 0 Å². The summed E-state index contributed by atoms with van der Waals surface area (Å²) in [6.07, 6.45) is 5.82. The van der Waals surface area contributed by atoms with E-state index in [1.165, 1.54) is 18.4 Å². The molecule has 0 unspecified atom stereocenters. The van der Waals surface area contributed by atoms with Crippen LogP contribution >= 0.6 is 0 Å². The van der Waals surface area contributed by atoms with Gasteiger partial charge in [0.05, 0.1) is 0 Å². The molecule has 0 saturated carbocycles. The van der Waals surface area contributed by atoms with E-state index in [0.29, 0.717) is 0 Å². The van der Waals surface area contributed by atoms with Crippen LogP contribution in [0.5, 0.6) is 0 Å². The quantitative estimate of drug-likeness (QED) is 0.433. The van der Waals surface area contributed by atoms with Crippen LogP contribution in [0.2, 0.25) is 0 Å². The van der Waals surface area contributed by atoms with Gasteiger partial charge in [0.25, 0.3) is 0 Å². The summed E-state index contributed by atoms with van der Waals surface area (Å²) in [5, 5.41) is 0. The summed E-state index contributed by atoms with van der Waals surface area (Å²) >= 11 is 0. The Morgan fingerprint density at radius 1 is 1.20 bits per heavy atom. The zero-order chi connectivity index (χ0) is 7.40. The zero-order valence-electron chi connectivity index (χ0n) is 5.13. The fourth-order valence-electron chi connectivity index (χ4n) is 0.491. The minimum absolute atomic E-state index is 0.558. The molecular weight excluding hydrogens is 132 g/mol. The molecule has 0 bridgehead atoms. The number of amides is 1. The van der Waals surface area contributed by atoms with Gasteiger partial charge in [-0.3, -0.25) is 15.0 Å². The van der Waals surface area contributed by atoms with Gasteiger partial charge in [-0.25, -0.2) is 0 Å². The van der Waals surface area contributed by atoms with E-state index in [-0.39, 0.29) is 0 Å². The number of allylic oxidation sites excluding steroid dienone is 2. The van der Waals surface area contributed by atoms with Crippen molar-refractivity contribution in [1.29, 1.82) is 0 Å². The van der Waals surface area contributed by atoms with E-state index in [0.717, 1.165) is 0 Å². The van der Waals surface area contributed by atoms with Crippen molar-refractivity contribution in [3.63, 3.8) is 0 Å². The average Bonchev–Trinajstić information content (AvgIpc) is 1.92. The van der Waals surface area contributed by atoms with Crippen molar-refractivity contribution >= 4 is 11.7 Å². The standard InChI is InChI=1S/C6H6N2O2/c9-5-3-1-2-4-7-8-6(5)10/h1-4,7H,(H,8,10)/b3-1-,4-2-. The van der Waals surface area contributed by atoms with Gasteiger partial charge in [-0.1, -0.05) is 6.08 Å². The number of nitrogens with one attached hydrogen (secondary N) is 2. The number of rotatable bonds is 0. The van der Waals surface area contributed by atoms with Gasteiger partial charge in [0, 0.05) is 6.20 Å². The van der Waals surface area contributed by atoms with Crippen molar-refractivity contribution in [2.24, 2.45) is 0 Å². The summed E-state index contributed by atoms with van der Waals surface area (Å²) in [6.45, 7) is 0. The molecule has 4 nitrogen and oxygen atoms in total. The lowest BCUT2D eigenvalue weighted by atomic mass is 10.3. The molecule has 1 amide bonds. The summed E-state index contributed by atoms with van der Waals surface area (Å²) in [7, 11) is 0. The van der Waals surface area contributed by atoms with Crippen molar-refractivity contribution in [1.82, 2.24) is 10.9 Å². The second-order valence-electron chi connectivity index (χ2n) is 1.68. The van der Waals surface area contributed by atoms with Gasteiger partial charge < -0.3 is 5.43 Å². The molecule has 1 rings (SSSR count). The van der Waals surface area contributed by atoms with Crippen LogP contribution < -0.4 is 10.9 Å². The predicted octanol–water partition coefficient (Wildman–Crippen LogP) is -0.740. The summed E-state index contributed by atoms with van der Waals surface area (Å²) in [5.41, 5.74) is 4.57. The topological polar surface area (TPSA) is 58.2 Å². The van der Waals surface area contributed by atoms with Gasteiger partial charge in [-0.05, 0) is 12.2 Å². The monoisotopic (exact) mass is 138 g/mol. The predicted molar refractivity (Wildman–Crippen MR) is 34.6 cm³/mol. The third-order valence-corrected chi connectivity index (χ3v) is 0.948. The minimum atomic E-state index is -0.652. The molecule has 10 heavy (non-hydrogen) atoms. The van der Waals surface area contributed by atoms with E-state index in [4.69, 9.17) is 0 Å². The lowest BCUT2D eigenvalue weighted by Crippen LogP contribution is -2.38. The molecule has 1 aliphatic rings. The molecule has 2 N–H and O–H groups in total. The fourth-order valence-corrected chi connectivity index (χ4v) is 0.491. The molecular formula is C6H6N2O2. The van der Waals surface area contributed by atoms with Crippen LogP contribution in [0.4, 0.5) is 0 Å². The molecule has 1 aliphatic heterocycles. The maximum Gasteiger partial charge on any atom is 0.310 e. The summed E-state index contributed by atoms with van der Waals surface area (Å²) in [6, 6.07) is 0. The highest BCUT2D eigenvalue weighted by Crippen LogP contribution is 1.81. The molecule has 0 fully saturated rings. The van der Waals surface area contributed by atoms with Crippen LogP contribution in [0.15, 0.2) is 24.4 Å². The second-order valence-corrected chi connectivity index (χ2v) is 1.68. The minimum Gasteiger partial charge on any atom is -0.306 e. The van der Waals surface area contributed by atoms with E-state index < -0.39 is 11.7 Å². The lowest BCUT2D eigenvalue weighted by Gasteiger charge is -2.01. The highest BCUT2D eigenvalue weighted by molar-refractivity contribution is 6.40. The number of carbonyl (C=O) groups excluding carboxylic acids is 2. The maximum absolute atomic E-state index is 10.6. The van der Waals surface area contributed by atoms with Crippen molar-refractivity contribution < 1.29 is 9.59 Å². The highest BCUT2D eigenvalue weighted by Gasteiger charge is 2.07. The third-order valence-electron chi connectivity index (χ3n) is 0.948. The van der Waals surface area contributed by atoms with Crippen molar-refractivity contribution in [2.75, 3.05) is 0 Å². The van der Waals surface area contributed by atoms with Crippen molar-refractivity contribution in [3.05, 3.63) is 24.4 Å². The molecule has 0 spiro atoms. The first-order chi connectivity index (χ1) is 4.80. The molecule has 1 heterocycles. The first-order valence-corrected chi connectivity index (χ1v) is 2.74. The number of hydrogen-bond donors (Lipinski definition) is 2. The summed E-state index contributed by atoms with van der Waals surface area (Å²) in [4.78, 5) is 21.2. The largest absolute Gasteiger partial charge is 0.310 e.